The number of rotatable bonds is 5. The van der Waals surface area contributed by atoms with Crippen molar-refractivity contribution < 1.29 is 14.7 Å². The molecule has 0 bridgehead atoms. The molecule has 4 nitrogen and oxygen atoms in total. The Morgan fingerprint density at radius 2 is 1.79 bits per heavy atom. The number of amides is 1. The smallest absolute Gasteiger partial charge is 0.335 e. The minimum atomic E-state index is -0.900. The zero-order chi connectivity index (χ0) is 16.9. The molecular formula is C20H21NO3. The first-order valence-electron chi connectivity index (χ1n) is 8.26. The summed E-state index contributed by atoms with van der Waals surface area (Å²) in [6, 6.07) is 16.9. The highest BCUT2D eigenvalue weighted by Gasteiger charge is 2.26. The van der Waals surface area contributed by atoms with E-state index in [1.54, 1.807) is 18.2 Å². The van der Waals surface area contributed by atoms with Gasteiger partial charge in [0, 0.05) is 13.1 Å². The number of carboxylic acid groups (broad SMARTS) is 1. The molecule has 124 valence electrons. The van der Waals surface area contributed by atoms with Crippen molar-refractivity contribution in [1.82, 2.24) is 4.90 Å². The van der Waals surface area contributed by atoms with Crippen LogP contribution >= 0.6 is 0 Å². The van der Waals surface area contributed by atoms with Crippen LogP contribution in [-0.4, -0.2) is 35.0 Å². The average Bonchev–Trinajstić information content (AvgIpc) is 3.04. The molecule has 24 heavy (non-hydrogen) atoms. The number of carboxylic acids is 1. The van der Waals surface area contributed by atoms with Gasteiger partial charge >= 0.3 is 5.97 Å². The van der Waals surface area contributed by atoms with E-state index < -0.39 is 5.97 Å². The summed E-state index contributed by atoms with van der Waals surface area (Å²) < 4.78 is 0. The quantitative estimate of drug-likeness (QED) is 0.920. The molecule has 1 amide bonds. The monoisotopic (exact) mass is 323 g/mol. The van der Waals surface area contributed by atoms with Gasteiger partial charge in [-0.15, -0.1) is 0 Å². The summed E-state index contributed by atoms with van der Waals surface area (Å²) >= 11 is 0. The van der Waals surface area contributed by atoms with Crippen LogP contribution in [0.25, 0.3) is 0 Å². The highest BCUT2D eigenvalue weighted by molar-refractivity contribution is 5.87. The van der Waals surface area contributed by atoms with Crippen molar-refractivity contribution in [3.8, 4) is 0 Å². The zero-order valence-electron chi connectivity index (χ0n) is 13.5. The average molecular weight is 323 g/mol. The highest BCUT2D eigenvalue weighted by Crippen LogP contribution is 2.22. The molecule has 1 atom stereocenters. The van der Waals surface area contributed by atoms with Gasteiger partial charge in [-0.25, -0.2) is 4.79 Å². The van der Waals surface area contributed by atoms with Crippen LogP contribution in [0.5, 0.6) is 0 Å². The van der Waals surface area contributed by atoms with Crippen LogP contribution in [0.2, 0.25) is 0 Å². The Morgan fingerprint density at radius 1 is 1.04 bits per heavy atom. The highest BCUT2D eigenvalue weighted by atomic mass is 16.4. The largest absolute Gasteiger partial charge is 0.478 e. The molecule has 1 N–H and O–H groups in total. The fraction of sp³-hybridized carbons (Fsp3) is 0.300. The topological polar surface area (TPSA) is 57.6 Å². The van der Waals surface area contributed by atoms with Crippen LogP contribution < -0.4 is 0 Å². The minimum absolute atomic E-state index is 0.169. The van der Waals surface area contributed by atoms with Gasteiger partial charge in [0.05, 0.1) is 12.0 Å². The lowest BCUT2D eigenvalue weighted by molar-refractivity contribution is -0.129. The molecule has 1 aliphatic heterocycles. The summed E-state index contributed by atoms with van der Waals surface area (Å²) in [4.78, 5) is 25.4. The second-order valence-electron chi connectivity index (χ2n) is 6.37. The Balaban J connectivity index is 1.56. The van der Waals surface area contributed by atoms with Crippen LogP contribution in [0.4, 0.5) is 0 Å². The van der Waals surface area contributed by atoms with E-state index in [0.29, 0.717) is 17.9 Å². The van der Waals surface area contributed by atoms with Gasteiger partial charge in [0.1, 0.15) is 0 Å². The maximum Gasteiger partial charge on any atom is 0.335 e. The van der Waals surface area contributed by atoms with E-state index in [2.05, 4.69) is 0 Å². The second kappa shape index (κ2) is 7.30. The summed E-state index contributed by atoms with van der Waals surface area (Å²) in [6.45, 7) is 1.54. The lowest BCUT2D eigenvalue weighted by Crippen LogP contribution is -2.30. The molecule has 3 rings (SSSR count). The molecule has 1 heterocycles. The minimum Gasteiger partial charge on any atom is -0.478 e. The Labute approximate surface area is 141 Å². The maximum atomic E-state index is 12.4. The first-order chi connectivity index (χ1) is 11.6. The number of carbonyl (C=O) groups excluding carboxylic acids is 1. The number of carbonyl (C=O) groups is 2. The Kier molecular flexibility index (Phi) is 4.94. The lowest BCUT2D eigenvalue weighted by atomic mass is 9.97. The molecule has 1 fully saturated rings. The van der Waals surface area contributed by atoms with Gasteiger partial charge in [-0.3, -0.25) is 4.79 Å². The molecule has 0 saturated carbocycles. The molecule has 1 saturated heterocycles. The van der Waals surface area contributed by atoms with Gasteiger partial charge in [0.15, 0.2) is 0 Å². The van der Waals surface area contributed by atoms with Crippen molar-refractivity contribution in [1.29, 1.82) is 0 Å². The predicted molar refractivity (Wildman–Crippen MR) is 91.9 cm³/mol. The van der Waals surface area contributed by atoms with Gasteiger partial charge in [-0.1, -0.05) is 42.5 Å². The molecule has 0 aromatic heterocycles. The van der Waals surface area contributed by atoms with Gasteiger partial charge in [0.25, 0.3) is 0 Å². The third kappa shape index (κ3) is 4.02. The molecule has 1 aliphatic rings. The van der Waals surface area contributed by atoms with Gasteiger partial charge < -0.3 is 10.0 Å². The first kappa shape index (κ1) is 16.2. The van der Waals surface area contributed by atoms with Crippen molar-refractivity contribution in [2.75, 3.05) is 13.1 Å². The maximum absolute atomic E-state index is 12.4. The number of benzene rings is 2. The van der Waals surface area contributed by atoms with Crippen molar-refractivity contribution >= 4 is 11.9 Å². The van der Waals surface area contributed by atoms with E-state index in [-0.39, 0.29) is 5.91 Å². The summed E-state index contributed by atoms with van der Waals surface area (Å²) in [7, 11) is 0. The molecule has 2 aromatic carbocycles. The van der Waals surface area contributed by atoms with E-state index in [1.165, 1.54) is 0 Å². The van der Waals surface area contributed by atoms with Crippen LogP contribution in [0, 0.1) is 5.92 Å². The van der Waals surface area contributed by atoms with E-state index in [1.807, 2.05) is 41.3 Å². The van der Waals surface area contributed by atoms with E-state index in [9.17, 15) is 9.59 Å². The summed E-state index contributed by atoms with van der Waals surface area (Å²) in [5.74, 6) is -0.334. The van der Waals surface area contributed by atoms with Gasteiger partial charge in [-0.05, 0) is 42.0 Å². The third-order valence-corrected chi connectivity index (χ3v) is 4.54. The van der Waals surface area contributed by atoms with Crippen molar-refractivity contribution in [2.24, 2.45) is 5.92 Å². The van der Waals surface area contributed by atoms with Crippen LogP contribution in [0.15, 0.2) is 54.6 Å². The molecule has 0 unspecified atom stereocenters. The Bertz CT molecular complexity index is 727. The number of nitrogens with zero attached hydrogens (tertiary/aromatic N) is 1. The fourth-order valence-electron chi connectivity index (χ4n) is 3.27. The number of aromatic carboxylic acids is 1. The van der Waals surface area contributed by atoms with E-state index in [4.69, 9.17) is 5.11 Å². The van der Waals surface area contributed by atoms with Crippen LogP contribution in [0.1, 0.15) is 27.9 Å². The first-order valence-corrected chi connectivity index (χ1v) is 8.26. The second-order valence-corrected chi connectivity index (χ2v) is 6.37. The summed E-state index contributed by atoms with van der Waals surface area (Å²) in [5, 5.41) is 9.07. The molecule has 0 radical (unpaired) electrons. The van der Waals surface area contributed by atoms with Crippen molar-refractivity contribution in [2.45, 2.75) is 19.3 Å². The predicted octanol–water partition coefficient (Wildman–Crippen LogP) is 3.02. The zero-order valence-corrected chi connectivity index (χ0v) is 13.5. The molecule has 0 spiro atoms. The normalized spacial score (nSPS) is 17.0. The van der Waals surface area contributed by atoms with E-state index >= 15 is 0 Å². The van der Waals surface area contributed by atoms with E-state index in [0.717, 1.165) is 37.1 Å². The summed E-state index contributed by atoms with van der Waals surface area (Å²) in [6.07, 6.45) is 2.23. The van der Waals surface area contributed by atoms with Crippen molar-refractivity contribution in [3.05, 3.63) is 71.3 Å². The molecule has 0 aliphatic carbocycles. The lowest BCUT2D eigenvalue weighted by Gasteiger charge is -2.17. The van der Waals surface area contributed by atoms with Crippen LogP contribution in [0.3, 0.4) is 0 Å². The van der Waals surface area contributed by atoms with Crippen molar-refractivity contribution in [3.63, 3.8) is 0 Å². The molecule has 2 aromatic rings. The van der Waals surface area contributed by atoms with Gasteiger partial charge in [-0.2, -0.15) is 0 Å². The van der Waals surface area contributed by atoms with Crippen LogP contribution in [-0.2, 0) is 17.6 Å². The van der Waals surface area contributed by atoms with Gasteiger partial charge in [0.2, 0.25) is 5.91 Å². The number of hydrogen-bond acceptors (Lipinski definition) is 2. The summed E-state index contributed by atoms with van der Waals surface area (Å²) in [5.41, 5.74) is 2.39. The Hall–Kier alpha value is -2.62. The molecule has 4 heteroatoms. The Morgan fingerprint density at radius 3 is 2.54 bits per heavy atom. The number of hydrogen-bond donors (Lipinski definition) is 1. The third-order valence-electron chi connectivity index (χ3n) is 4.54. The SMILES string of the molecule is O=C(O)c1cccc(C[C@H]2CCN(C(=O)Cc3ccccc3)C2)c1. The standard InChI is InChI=1S/C20H21NO3/c22-19(13-15-5-2-1-3-6-15)21-10-9-17(14-21)11-16-7-4-8-18(12-16)20(23)24/h1-8,12,17H,9-11,13-14H2,(H,23,24)/t17-/m1/s1. The number of likely N-dealkylation sites (tertiary alicyclic amines) is 1. The molecular weight excluding hydrogens is 302 g/mol. The fourth-order valence-corrected chi connectivity index (χ4v) is 3.27.